The molecule has 0 amide bonds. The highest BCUT2D eigenvalue weighted by Gasteiger charge is 2.42. The molecular weight excluding hydrogens is 560 g/mol. The summed E-state index contributed by atoms with van der Waals surface area (Å²) in [6, 6.07) is 0. The molecule has 0 radical (unpaired) electrons. The Hall–Kier alpha value is -1.29. The standard InChI is InChI=1S/C12H22O20S3/c13-1-5(16)10(19)12(8(3-15)30-34(24,25)26)32-35(27,28)31-7(2-14)11(20)9(18)6(17)4-29-33(21,22)23/h2-3,5-13,16-20H,1,4H2,(H,21,22,23)(H,24,25,26)/t5-,6-,7+,8+,9+,10+,11-,12-/m1/s1. The van der Waals surface area contributed by atoms with E-state index in [0.29, 0.717) is 0 Å². The second-order valence-electron chi connectivity index (χ2n) is 6.29. The molecule has 0 aromatic carbocycles. The summed E-state index contributed by atoms with van der Waals surface area (Å²) in [4.78, 5) is 22.2. The molecule has 0 aromatic heterocycles. The Bertz CT molecular complexity index is 990. The molecule has 0 fully saturated rings. The van der Waals surface area contributed by atoms with Gasteiger partial charge < -0.3 is 40.2 Å². The number of carbonyl (C=O) groups excluding carboxylic acids is 2. The topological polar surface area (TPSA) is 335 Å². The minimum atomic E-state index is -5.75. The monoisotopic (exact) mass is 582 g/mol. The van der Waals surface area contributed by atoms with Gasteiger partial charge in [0, 0.05) is 0 Å². The van der Waals surface area contributed by atoms with Gasteiger partial charge in [0.2, 0.25) is 0 Å². The lowest BCUT2D eigenvalue weighted by Crippen LogP contribution is -2.52. The zero-order chi connectivity index (χ0) is 27.8. The van der Waals surface area contributed by atoms with Crippen LogP contribution in [0.5, 0.6) is 0 Å². The van der Waals surface area contributed by atoms with Crippen LogP contribution in [0.1, 0.15) is 0 Å². The van der Waals surface area contributed by atoms with Crippen molar-refractivity contribution in [2.24, 2.45) is 0 Å². The van der Waals surface area contributed by atoms with Crippen molar-refractivity contribution < 1.29 is 91.3 Å². The molecule has 8 N–H and O–H groups in total. The van der Waals surface area contributed by atoms with Crippen molar-refractivity contribution in [3.05, 3.63) is 0 Å². The number of aliphatic hydroxyl groups excluding tert-OH is 6. The van der Waals surface area contributed by atoms with Crippen LogP contribution < -0.4 is 0 Å². The van der Waals surface area contributed by atoms with Crippen molar-refractivity contribution in [3.8, 4) is 0 Å². The third-order valence-corrected chi connectivity index (χ3v) is 5.48. The Morgan fingerprint density at radius 1 is 0.657 bits per heavy atom. The van der Waals surface area contributed by atoms with E-state index in [1.54, 1.807) is 0 Å². The van der Waals surface area contributed by atoms with Gasteiger partial charge in [0.15, 0.2) is 24.8 Å². The average Bonchev–Trinajstić information content (AvgIpc) is 2.74. The van der Waals surface area contributed by atoms with Crippen LogP contribution in [0.25, 0.3) is 0 Å². The molecule has 0 rings (SSSR count). The highest BCUT2D eigenvalue weighted by atomic mass is 32.3. The predicted molar refractivity (Wildman–Crippen MR) is 102 cm³/mol. The summed E-state index contributed by atoms with van der Waals surface area (Å²) in [6.45, 7) is -2.71. The number of hydrogen-bond acceptors (Lipinski definition) is 18. The van der Waals surface area contributed by atoms with Crippen molar-refractivity contribution in [1.29, 1.82) is 0 Å². The average molecular weight is 582 g/mol. The Balaban J connectivity index is 5.78. The number of hydrogen-bond donors (Lipinski definition) is 8. The minimum Gasteiger partial charge on any atom is -0.394 e. The van der Waals surface area contributed by atoms with Crippen LogP contribution in [0.4, 0.5) is 0 Å². The molecule has 0 unspecified atom stereocenters. The fourth-order valence-corrected chi connectivity index (χ4v) is 3.78. The number of aldehydes is 2. The Labute approximate surface area is 197 Å². The summed E-state index contributed by atoms with van der Waals surface area (Å²) >= 11 is 0. The van der Waals surface area contributed by atoms with E-state index in [1.165, 1.54) is 0 Å². The Kier molecular flexibility index (Phi) is 13.4. The van der Waals surface area contributed by atoms with Crippen molar-refractivity contribution in [2.75, 3.05) is 13.2 Å². The van der Waals surface area contributed by atoms with Gasteiger partial charge in [-0.3, -0.25) is 9.11 Å². The minimum absolute atomic E-state index is 0.495. The summed E-state index contributed by atoms with van der Waals surface area (Å²) in [7, 11) is -16.4. The van der Waals surface area contributed by atoms with Crippen LogP contribution in [0, 0.1) is 0 Å². The first-order chi connectivity index (χ1) is 15.8. The van der Waals surface area contributed by atoms with E-state index >= 15 is 0 Å². The molecule has 208 valence electrons. The predicted octanol–water partition coefficient (Wildman–Crippen LogP) is -6.80. The first-order valence-corrected chi connectivity index (χ1v) is 12.7. The lowest BCUT2D eigenvalue weighted by atomic mass is 10.0. The van der Waals surface area contributed by atoms with Crippen molar-refractivity contribution in [1.82, 2.24) is 0 Å². The lowest BCUT2D eigenvalue weighted by Gasteiger charge is -2.29. The molecule has 8 atom stereocenters. The van der Waals surface area contributed by atoms with Crippen LogP contribution in [0.2, 0.25) is 0 Å². The van der Waals surface area contributed by atoms with E-state index < -0.39 is 106 Å². The first kappa shape index (κ1) is 33.7. The maximum absolute atomic E-state index is 12.1. The molecular formula is C12H22O20S3. The molecule has 0 aliphatic heterocycles. The van der Waals surface area contributed by atoms with Crippen molar-refractivity contribution in [2.45, 2.75) is 48.8 Å². The van der Waals surface area contributed by atoms with Crippen LogP contribution in [-0.4, -0.2) is 140 Å². The quantitative estimate of drug-likeness (QED) is 0.0549. The lowest BCUT2D eigenvalue weighted by molar-refractivity contribution is -0.138. The van der Waals surface area contributed by atoms with Gasteiger partial charge in [0.1, 0.15) is 36.6 Å². The highest BCUT2D eigenvalue weighted by molar-refractivity contribution is 7.82. The number of rotatable bonds is 18. The molecule has 20 nitrogen and oxygen atoms in total. The van der Waals surface area contributed by atoms with E-state index in [9.17, 15) is 60.4 Å². The Morgan fingerprint density at radius 2 is 1.17 bits per heavy atom. The van der Waals surface area contributed by atoms with Gasteiger partial charge in [0.05, 0.1) is 13.2 Å². The first-order valence-electron chi connectivity index (χ1n) is 8.59. The molecule has 0 spiro atoms. The SMILES string of the molecule is O=C[C@H](OS(=O)(=O)O[C@@H]([C@@H](O)[C@H](O)CO)[C@H](C=O)OS(=O)(=O)O)[C@@H](O)[C@@H](O)[C@H](O)COS(=O)(=O)O. The van der Waals surface area contributed by atoms with Gasteiger partial charge in [-0.05, 0) is 0 Å². The maximum Gasteiger partial charge on any atom is 0.401 e. The van der Waals surface area contributed by atoms with Crippen LogP contribution >= 0.6 is 0 Å². The van der Waals surface area contributed by atoms with E-state index in [4.69, 9.17) is 14.2 Å². The smallest absolute Gasteiger partial charge is 0.394 e. The van der Waals surface area contributed by atoms with Gasteiger partial charge in [-0.25, -0.2) is 16.7 Å². The maximum atomic E-state index is 12.1. The summed E-state index contributed by atoms with van der Waals surface area (Å²) in [6.07, 6.45) is -21.8. The molecule has 0 bridgehead atoms. The zero-order valence-corrected chi connectivity index (χ0v) is 19.3. The fraction of sp³-hybridized carbons (Fsp3) is 0.833. The van der Waals surface area contributed by atoms with E-state index in [1.807, 2.05) is 0 Å². The number of carbonyl (C=O) groups is 2. The molecule has 0 saturated heterocycles. The third kappa shape index (κ3) is 12.5. The summed E-state index contributed by atoms with van der Waals surface area (Å²) in [5.74, 6) is 0. The Morgan fingerprint density at radius 3 is 1.57 bits per heavy atom. The highest BCUT2D eigenvalue weighted by Crippen LogP contribution is 2.19. The van der Waals surface area contributed by atoms with Crippen LogP contribution in [-0.2, 0) is 57.5 Å². The summed E-state index contributed by atoms with van der Waals surface area (Å²) < 4.78 is 99.7. The van der Waals surface area contributed by atoms with Gasteiger partial charge in [-0.2, -0.15) is 25.3 Å². The molecule has 0 aliphatic rings. The second kappa shape index (κ2) is 13.9. The molecule has 35 heavy (non-hydrogen) atoms. The van der Waals surface area contributed by atoms with Gasteiger partial charge in [0.25, 0.3) is 0 Å². The molecule has 0 aliphatic carbocycles. The van der Waals surface area contributed by atoms with E-state index in [0.717, 1.165) is 0 Å². The summed E-state index contributed by atoms with van der Waals surface area (Å²) in [5, 5.41) is 57.3. The van der Waals surface area contributed by atoms with Crippen molar-refractivity contribution in [3.63, 3.8) is 0 Å². The zero-order valence-electron chi connectivity index (χ0n) is 16.9. The molecule has 23 heteroatoms. The molecule has 0 aromatic rings. The number of aliphatic hydroxyl groups is 6. The summed E-state index contributed by atoms with van der Waals surface area (Å²) in [5.41, 5.74) is 0. The molecule has 0 heterocycles. The largest absolute Gasteiger partial charge is 0.401 e. The van der Waals surface area contributed by atoms with Crippen molar-refractivity contribution >= 4 is 43.8 Å². The van der Waals surface area contributed by atoms with Crippen LogP contribution in [0.3, 0.4) is 0 Å². The van der Waals surface area contributed by atoms with E-state index in [-0.39, 0.29) is 0 Å². The fourth-order valence-electron chi connectivity index (χ4n) is 2.06. The van der Waals surface area contributed by atoms with E-state index in [2.05, 4.69) is 16.7 Å². The van der Waals surface area contributed by atoms with Crippen LogP contribution in [0.15, 0.2) is 0 Å². The normalized spacial score (nSPS) is 20.1. The second-order valence-corrected chi connectivity index (χ2v) is 9.63. The third-order valence-electron chi connectivity index (χ3n) is 3.67. The van der Waals surface area contributed by atoms with Gasteiger partial charge >= 0.3 is 31.2 Å². The van der Waals surface area contributed by atoms with Gasteiger partial charge in [-0.1, -0.05) is 0 Å². The molecule has 0 saturated carbocycles. The van der Waals surface area contributed by atoms with Gasteiger partial charge in [-0.15, -0.1) is 0 Å².